The number of amides is 4. The number of hydrogen-bond donors (Lipinski definition) is 0. The predicted octanol–water partition coefficient (Wildman–Crippen LogP) is 7.86. The van der Waals surface area contributed by atoms with Gasteiger partial charge in [0.05, 0.1) is 0 Å². The Morgan fingerprint density at radius 3 is 1.43 bits per heavy atom. The molecule has 54 heavy (non-hydrogen) atoms. The van der Waals surface area contributed by atoms with E-state index in [0.717, 1.165) is 66.2 Å². The Hall–Kier alpha value is -4.88. The Bertz CT molecular complexity index is 1770. The standard InChI is InChI=1S/C41H43N3O8S2/c45-34-22-23-35(46)43(34)51-38(49)20-6-2-12-26-53-41(54-27-13-3-7-21-39(50)52-44-36(47)24-25-37(44)48)40-30-16-8-10-18-32(30)42(28-29-14-4-1-5-15-29)33-19-11-9-17-31(33)40/h1,4-5,8-11,14-19H,2-3,6-7,12-13,20-28H2. The van der Waals surface area contributed by atoms with E-state index in [1.807, 2.05) is 6.07 Å². The average Bonchev–Trinajstić information content (AvgIpc) is 3.67. The highest BCUT2D eigenvalue weighted by Gasteiger charge is 2.34. The number of hydrogen-bond acceptors (Lipinski definition) is 11. The largest absolute Gasteiger partial charge is 0.336 e. The molecule has 3 aliphatic rings. The zero-order valence-corrected chi connectivity index (χ0v) is 31.7. The van der Waals surface area contributed by atoms with Crippen LogP contribution in [0.3, 0.4) is 0 Å². The molecular formula is C41H43N3O8S2. The first-order chi connectivity index (χ1) is 26.3. The van der Waals surface area contributed by atoms with Gasteiger partial charge in [0, 0.05) is 77.4 Å². The molecule has 2 fully saturated rings. The molecule has 282 valence electrons. The highest BCUT2D eigenvalue weighted by molar-refractivity contribution is 8.22. The Balaban J connectivity index is 1.12. The third kappa shape index (κ3) is 9.80. The molecule has 0 spiro atoms. The summed E-state index contributed by atoms with van der Waals surface area (Å²) in [6, 6.07) is 27.4. The van der Waals surface area contributed by atoms with E-state index in [1.54, 1.807) is 23.5 Å². The van der Waals surface area contributed by atoms with E-state index in [2.05, 4.69) is 77.7 Å². The SMILES string of the molecule is O=C(CCCCCSC(SCCCCCC(=O)ON1C(=O)CCC1=O)=C1c2ccccc2N(Cc2ccccc2)c2ccccc21)ON1C(=O)CCC1=O. The Morgan fingerprint density at radius 2 is 0.963 bits per heavy atom. The number of carbonyl (C=O) groups is 6. The van der Waals surface area contributed by atoms with Gasteiger partial charge >= 0.3 is 11.9 Å². The van der Waals surface area contributed by atoms with Crippen molar-refractivity contribution in [1.29, 1.82) is 0 Å². The fourth-order valence-corrected chi connectivity index (χ4v) is 9.12. The Kier molecular flexibility index (Phi) is 13.6. The van der Waals surface area contributed by atoms with Crippen LogP contribution < -0.4 is 4.90 Å². The Morgan fingerprint density at radius 1 is 0.537 bits per heavy atom. The molecule has 0 N–H and O–H groups in total. The fraction of sp³-hybridized carbons (Fsp3) is 0.366. The van der Waals surface area contributed by atoms with E-state index in [-0.39, 0.29) is 38.5 Å². The van der Waals surface area contributed by atoms with E-state index < -0.39 is 35.6 Å². The molecule has 2 saturated heterocycles. The van der Waals surface area contributed by atoms with Gasteiger partial charge in [-0.3, -0.25) is 19.2 Å². The number of unbranched alkanes of at least 4 members (excludes halogenated alkanes) is 4. The van der Waals surface area contributed by atoms with Crippen LogP contribution in [0, 0.1) is 0 Å². The highest BCUT2D eigenvalue weighted by atomic mass is 32.2. The summed E-state index contributed by atoms with van der Waals surface area (Å²) in [5.74, 6) is -1.43. The summed E-state index contributed by atoms with van der Waals surface area (Å²) in [4.78, 5) is 84.2. The molecule has 0 aliphatic carbocycles. The molecule has 0 unspecified atom stereocenters. The summed E-state index contributed by atoms with van der Waals surface area (Å²) in [6.07, 6.45) is 4.95. The second-order valence-electron chi connectivity index (χ2n) is 13.2. The number of thioether (sulfide) groups is 2. The lowest BCUT2D eigenvalue weighted by molar-refractivity contribution is -0.197. The first kappa shape index (κ1) is 38.8. The van der Waals surface area contributed by atoms with Crippen LogP contribution >= 0.6 is 23.5 Å². The van der Waals surface area contributed by atoms with Crippen molar-refractivity contribution in [3.05, 3.63) is 99.8 Å². The molecule has 0 atom stereocenters. The molecule has 0 radical (unpaired) electrons. The zero-order chi connectivity index (χ0) is 37.9. The maximum absolute atomic E-state index is 12.3. The van der Waals surface area contributed by atoms with E-state index in [0.29, 0.717) is 23.0 Å². The molecule has 0 bridgehead atoms. The number of carbonyl (C=O) groups excluding carboxylic acids is 6. The number of rotatable bonds is 18. The quantitative estimate of drug-likeness (QED) is 0.0926. The smallest absolute Gasteiger partial charge is 0.333 e. The summed E-state index contributed by atoms with van der Waals surface area (Å²) in [5.41, 5.74) is 6.98. The third-order valence-electron chi connectivity index (χ3n) is 9.23. The van der Waals surface area contributed by atoms with Crippen molar-refractivity contribution < 1.29 is 38.4 Å². The molecule has 11 nitrogen and oxygen atoms in total. The second kappa shape index (κ2) is 18.9. The number of anilines is 2. The molecule has 4 amide bonds. The van der Waals surface area contributed by atoms with Crippen LogP contribution in [0.1, 0.15) is 93.7 Å². The van der Waals surface area contributed by atoms with Crippen LogP contribution in [-0.2, 0) is 45.0 Å². The normalized spacial score (nSPS) is 15.1. The number of fused-ring (bicyclic) bond motifs is 2. The zero-order valence-electron chi connectivity index (χ0n) is 30.0. The molecular weight excluding hydrogens is 727 g/mol. The van der Waals surface area contributed by atoms with Gasteiger partial charge < -0.3 is 14.6 Å². The van der Waals surface area contributed by atoms with Crippen molar-refractivity contribution in [3.63, 3.8) is 0 Å². The molecule has 0 aromatic heterocycles. The lowest BCUT2D eigenvalue weighted by Crippen LogP contribution is -2.31. The van der Waals surface area contributed by atoms with E-state index in [1.165, 1.54) is 15.4 Å². The minimum Gasteiger partial charge on any atom is -0.336 e. The van der Waals surface area contributed by atoms with Crippen molar-refractivity contribution in [2.45, 2.75) is 83.6 Å². The van der Waals surface area contributed by atoms with Crippen LogP contribution in [-0.4, -0.2) is 57.2 Å². The average molecular weight is 770 g/mol. The minimum atomic E-state index is -0.577. The summed E-state index contributed by atoms with van der Waals surface area (Å²) in [7, 11) is 0. The van der Waals surface area contributed by atoms with Gasteiger partial charge in [0.2, 0.25) is 0 Å². The molecule has 3 aromatic rings. The van der Waals surface area contributed by atoms with Crippen molar-refractivity contribution in [1.82, 2.24) is 10.1 Å². The number of benzene rings is 3. The second-order valence-corrected chi connectivity index (χ2v) is 15.6. The van der Waals surface area contributed by atoms with Gasteiger partial charge in [-0.1, -0.05) is 79.6 Å². The monoisotopic (exact) mass is 769 g/mol. The Labute approximate surface area is 323 Å². The molecule has 13 heteroatoms. The van der Waals surface area contributed by atoms with E-state index in [9.17, 15) is 28.8 Å². The highest BCUT2D eigenvalue weighted by Crippen LogP contribution is 2.51. The molecule has 3 heterocycles. The maximum Gasteiger partial charge on any atom is 0.333 e. The van der Waals surface area contributed by atoms with E-state index >= 15 is 0 Å². The third-order valence-corrected chi connectivity index (χ3v) is 11.9. The van der Waals surface area contributed by atoms with Crippen molar-refractivity contribution >= 4 is 76.0 Å². The number of nitrogens with zero attached hydrogens (tertiary/aromatic N) is 3. The molecule has 0 saturated carbocycles. The van der Waals surface area contributed by atoms with Gasteiger partial charge in [-0.15, -0.1) is 33.7 Å². The number of para-hydroxylation sites is 2. The van der Waals surface area contributed by atoms with Crippen molar-refractivity contribution in [2.75, 3.05) is 16.4 Å². The van der Waals surface area contributed by atoms with Gasteiger partial charge in [-0.2, -0.15) is 0 Å². The number of imide groups is 2. The van der Waals surface area contributed by atoms with Crippen molar-refractivity contribution in [3.8, 4) is 0 Å². The lowest BCUT2D eigenvalue weighted by atomic mass is 9.91. The van der Waals surface area contributed by atoms with Crippen LogP contribution in [0.25, 0.3) is 5.57 Å². The van der Waals surface area contributed by atoms with E-state index in [4.69, 9.17) is 9.68 Å². The maximum atomic E-state index is 12.3. The predicted molar refractivity (Wildman–Crippen MR) is 207 cm³/mol. The van der Waals surface area contributed by atoms with Crippen LogP contribution in [0.15, 0.2) is 83.1 Å². The summed E-state index contributed by atoms with van der Waals surface area (Å²) >= 11 is 3.60. The fourth-order valence-electron chi connectivity index (χ4n) is 6.49. The molecule has 6 rings (SSSR count). The first-order valence-corrected chi connectivity index (χ1v) is 20.4. The van der Waals surface area contributed by atoms with Crippen LogP contribution in [0.5, 0.6) is 0 Å². The summed E-state index contributed by atoms with van der Waals surface area (Å²) < 4.78 is 1.20. The van der Waals surface area contributed by atoms with Crippen LogP contribution in [0.2, 0.25) is 0 Å². The number of hydroxylamine groups is 4. The lowest BCUT2D eigenvalue weighted by Gasteiger charge is -2.35. The van der Waals surface area contributed by atoms with Gasteiger partial charge in [0.25, 0.3) is 23.6 Å². The summed E-state index contributed by atoms with van der Waals surface area (Å²) in [5, 5.41) is 1.19. The van der Waals surface area contributed by atoms with Gasteiger partial charge in [0.1, 0.15) is 0 Å². The minimum absolute atomic E-state index is 0.0685. The van der Waals surface area contributed by atoms with Gasteiger partial charge in [-0.05, 0) is 54.9 Å². The van der Waals surface area contributed by atoms with Gasteiger partial charge in [0.15, 0.2) is 0 Å². The van der Waals surface area contributed by atoms with Gasteiger partial charge in [-0.25, -0.2) is 9.59 Å². The van der Waals surface area contributed by atoms with Crippen LogP contribution in [0.4, 0.5) is 11.4 Å². The molecule has 3 aliphatic heterocycles. The summed E-state index contributed by atoms with van der Waals surface area (Å²) in [6.45, 7) is 0.725. The molecule has 3 aromatic carbocycles. The topological polar surface area (TPSA) is 131 Å². The first-order valence-electron chi connectivity index (χ1n) is 18.4. The van der Waals surface area contributed by atoms with Crippen molar-refractivity contribution in [2.24, 2.45) is 0 Å².